The first-order valence-corrected chi connectivity index (χ1v) is 8.29. The molecule has 0 amide bonds. The van der Waals surface area contributed by atoms with Gasteiger partial charge in [-0.1, -0.05) is 19.1 Å². The van der Waals surface area contributed by atoms with E-state index < -0.39 is 10.0 Å². The van der Waals surface area contributed by atoms with Gasteiger partial charge in [0.25, 0.3) is 0 Å². The van der Waals surface area contributed by atoms with Gasteiger partial charge in [-0.15, -0.1) is 11.6 Å². The molecular formula is C13H20ClNO3S. The van der Waals surface area contributed by atoms with Gasteiger partial charge in [-0.05, 0) is 30.5 Å². The van der Waals surface area contributed by atoms with E-state index in [2.05, 4.69) is 0 Å². The number of aliphatic hydroxyl groups is 1. The van der Waals surface area contributed by atoms with Crippen molar-refractivity contribution in [3.05, 3.63) is 29.8 Å². The van der Waals surface area contributed by atoms with Crippen molar-refractivity contribution >= 4 is 21.6 Å². The minimum atomic E-state index is -3.50. The fraction of sp³-hybridized carbons (Fsp3) is 0.538. The predicted molar refractivity (Wildman–Crippen MR) is 77.0 cm³/mol. The van der Waals surface area contributed by atoms with Crippen LogP contribution in [0.2, 0.25) is 0 Å². The molecular weight excluding hydrogens is 286 g/mol. The predicted octanol–water partition coefficient (Wildman–Crippen LogP) is 1.86. The minimum Gasteiger partial charge on any atom is -0.395 e. The SMILES string of the molecule is CCN(CCO)S(=O)(=O)c1ccc(CCCCl)cc1. The molecule has 0 saturated heterocycles. The van der Waals surface area contributed by atoms with Gasteiger partial charge in [-0.3, -0.25) is 0 Å². The van der Waals surface area contributed by atoms with Crippen LogP contribution in [0.15, 0.2) is 29.2 Å². The highest BCUT2D eigenvalue weighted by Crippen LogP contribution is 2.16. The monoisotopic (exact) mass is 305 g/mol. The molecule has 0 aromatic heterocycles. The van der Waals surface area contributed by atoms with Crippen LogP contribution in [0.3, 0.4) is 0 Å². The van der Waals surface area contributed by atoms with E-state index >= 15 is 0 Å². The van der Waals surface area contributed by atoms with Crippen molar-refractivity contribution < 1.29 is 13.5 Å². The van der Waals surface area contributed by atoms with E-state index in [1.54, 1.807) is 19.1 Å². The Morgan fingerprint density at radius 3 is 2.37 bits per heavy atom. The molecule has 0 atom stereocenters. The first-order valence-electron chi connectivity index (χ1n) is 6.32. The Morgan fingerprint density at radius 2 is 1.89 bits per heavy atom. The van der Waals surface area contributed by atoms with Crippen molar-refractivity contribution in [1.29, 1.82) is 0 Å². The number of likely N-dealkylation sites (N-methyl/N-ethyl adjacent to an activating group) is 1. The number of sulfonamides is 1. The van der Waals surface area contributed by atoms with Crippen molar-refractivity contribution in [2.24, 2.45) is 0 Å². The third kappa shape index (κ3) is 4.45. The van der Waals surface area contributed by atoms with Crippen molar-refractivity contribution in [1.82, 2.24) is 4.31 Å². The van der Waals surface area contributed by atoms with Crippen molar-refractivity contribution in [2.45, 2.75) is 24.7 Å². The van der Waals surface area contributed by atoms with Gasteiger partial charge in [0, 0.05) is 19.0 Å². The average Bonchev–Trinajstić information content (AvgIpc) is 2.42. The second kappa shape index (κ2) is 7.85. The molecule has 6 heteroatoms. The number of hydrogen-bond donors (Lipinski definition) is 1. The van der Waals surface area contributed by atoms with E-state index in [1.165, 1.54) is 4.31 Å². The van der Waals surface area contributed by atoms with Crippen molar-refractivity contribution in [2.75, 3.05) is 25.6 Å². The minimum absolute atomic E-state index is 0.118. The number of halogens is 1. The number of nitrogens with zero attached hydrogens (tertiary/aromatic N) is 1. The summed E-state index contributed by atoms with van der Waals surface area (Å²) in [5.74, 6) is 0.597. The zero-order valence-corrected chi connectivity index (χ0v) is 12.6. The fourth-order valence-corrected chi connectivity index (χ4v) is 3.38. The third-order valence-electron chi connectivity index (χ3n) is 2.86. The maximum atomic E-state index is 12.3. The van der Waals surface area contributed by atoms with Gasteiger partial charge in [0.15, 0.2) is 0 Å². The van der Waals surface area contributed by atoms with Crippen LogP contribution in [0.1, 0.15) is 18.9 Å². The lowest BCUT2D eigenvalue weighted by atomic mass is 10.1. The summed E-state index contributed by atoms with van der Waals surface area (Å²) in [7, 11) is -3.50. The summed E-state index contributed by atoms with van der Waals surface area (Å²) < 4.78 is 25.8. The molecule has 1 N–H and O–H groups in total. The highest BCUT2D eigenvalue weighted by atomic mass is 35.5. The average molecular weight is 306 g/mol. The molecule has 1 rings (SSSR count). The fourth-order valence-electron chi connectivity index (χ4n) is 1.81. The van der Waals surface area contributed by atoms with Gasteiger partial charge in [-0.25, -0.2) is 8.42 Å². The van der Waals surface area contributed by atoms with E-state index in [0.29, 0.717) is 12.4 Å². The van der Waals surface area contributed by atoms with Crippen LogP contribution in [0.25, 0.3) is 0 Å². The van der Waals surface area contributed by atoms with Gasteiger partial charge in [0.1, 0.15) is 0 Å². The summed E-state index contributed by atoms with van der Waals surface area (Å²) in [5.41, 5.74) is 1.07. The van der Waals surface area contributed by atoms with Crippen LogP contribution < -0.4 is 0 Å². The van der Waals surface area contributed by atoms with Crippen LogP contribution >= 0.6 is 11.6 Å². The van der Waals surface area contributed by atoms with Gasteiger partial charge in [0.05, 0.1) is 11.5 Å². The van der Waals surface area contributed by atoms with E-state index in [9.17, 15) is 8.42 Å². The van der Waals surface area contributed by atoms with Crippen LogP contribution in [-0.2, 0) is 16.4 Å². The molecule has 1 aromatic carbocycles. The van der Waals surface area contributed by atoms with Crippen LogP contribution in [0.5, 0.6) is 0 Å². The normalized spacial score (nSPS) is 12.0. The zero-order chi connectivity index (χ0) is 14.3. The quantitative estimate of drug-likeness (QED) is 0.746. The largest absolute Gasteiger partial charge is 0.395 e. The van der Waals surface area contributed by atoms with Crippen LogP contribution in [0.4, 0.5) is 0 Å². The molecule has 4 nitrogen and oxygen atoms in total. The highest BCUT2D eigenvalue weighted by molar-refractivity contribution is 7.89. The summed E-state index contributed by atoms with van der Waals surface area (Å²) in [5, 5.41) is 8.90. The Kier molecular flexibility index (Phi) is 6.79. The molecule has 0 aliphatic carbocycles. The molecule has 0 spiro atoms. The first kappa shape index (κ1) is 16.4. The van der Waals surface area contributed by atoms with Crippen LogP contribution in [-0.4, -0.2) is 43.4 Å². The summed E-state index contributed by atoms with van der Waals surface area (Å²) >= 11 is 5.62. The number of alkyl halides is 1. The van der Waals surface area contributed by atoms with Crippen LogP contribution in [0, 0.1) is 0 Å². The van der Waals surface area contributed by atoms with E-state index in [4.69, 9.17) is 16.7 Å². The Balaban J connectivity index is 2.89. The van der Waals surface area contributed by atoms with Crippen molar-refractivity contribution in [3.63, 3.8) is 0 Å². The molecule has 0 heterocycles. The topological polar surface area (TPSA) is 57.6 Å². The maximum absolute atomic E-state index is 12.3. The molecule has 0 aliphatic rings. The second-order valence-corrected chi connectivity index (χ2v) is 6.47. The molecule has 19 heavy (non-hydrogen) atoms. The summed E-state index contributed by atoms with van der Waals surface area (Å²) in [4.78, 5) is 0.262. The standard InChI is InChI=1S/C13H20ClNO3S/c1-2-15(10-11-16)19(17,18)13-7-5-12(6-8-13)4-3-9-14/h5-8,16H,2-4,9-11H2,1H3. The Labute approximate surface area is 120 Å². The van der Waals surface area contributed by atoms with Gasteiger partial charge in [0.2, 0.25) is 10.0 Å². The van der Waals surface area contributed by atoms with Crippen molar-refractivity contribution in [3.8, 4) is 0 Å². The lowest BCUT2D eigenvalue weighted by molar-refractivity contribution is 0.257. The molecule has 0 bridgehead atoms. The lowest BCUT2D eigenvalue weighted by Gasteiger charge is -2.19. The Hall–Kier alpha value is -0.620. The highest BCUT2D eigenvalue weighted by Gasteiger charge is 2.22. The van der Waals surface area contributed by atoms with E-state index in [-0.39, 0.29) is 18.0 Å². The number of hydrogen-bond acceptors (Lipinski definition) is 3. The number of rotatable bonds is 8. The van der Waals surface area contributed by atoms with E-state index in [1.807, 2.05) is 12.1 Å². The Bertz CT molecular complexity index is 473. The molecule has 1 aromatic rings. The van der Waals surface area contributed by atoms with Gasteiger partial charge >= 0.3 is 0 Å². The van der Waals surface area contributed by atoms with Gasteiger partial charge in [-0.2, -0.15) is 4.31 Å². The maximum Gasteiger partial charge on any atom is 0.243 e. The first-order chi connectivity index (χ1) is 9.06. The second-order valence-electron chi connectivity index (χ2n) is 4.16. The number of aryl methyl sites for hydroxylation is 1. The summed E-state index contributed by atoms with van der Waals surface area (Å²) in [6, 6.07) is 6.84. The zero-order valence-electron chi connectivity index (χ0n) is 11.0. The Morgan fingerprint density at radius 1 is 1.26 bits per heavy atom. The smallest absolute Gasteiger partial charge is 0.243 e. The molecule has 0 radical (unpaired) electrons. The summed E-state index contributed by atoms with van der Waals surface area (Å²) in [6.07, 6.45) is 1.72. The number of aliphatic hydroxyl groups excluding tert-OH is 1. The molecule has 0 aliphatic heterocycles. The molecule has 0 saturated carbocycles. The lowest BCUT2D eigenvalue weighted by Crippen LogP contribution is -2.33. The van der Waals surface area contributed by atoms with Gasteiger partial charge < -0.3 is 5.11 Å². The molecule has 0 unspecified atom stereocenters. The number of benzene rings is 1. The third-order valence-corrected chi connectivity index (χ3v) is 5.12. The molecule has 108 valence electrons. The van der Waals surface area contributed by atoms with E-state index in [0.717, 1.165) is 18.4 Å². The summed E-state index contributed by atoms with van der Waals surface area (Å²) in [6.45, 7) is 2.03. The molecule has 0 fully saturated rings.